The summed E-state index contributed by atoms with van der Waals surface area (Å²) < 4.78 is 342. The van der Waals surface area contributed by atoms with Gasteiger partial charge in [-0.1, -0.05) is 0 Å². The van der Waals surface area contributed by atoms with Crippen molar-refractivity contribution < 1.29 is 124 Å². The van der Waals surface area contributed by atoms with Gasteiger partial charge in [0.15, 0.2) is 0 Å². The van der Waals surface area contributed by atoms with Crippen LogP contribution in [0.5, 0.6) is 0 Å². The number of halogens is 26. The first-order valence-electron chi connectivity index (χ1n) is 9.40. The smallest absolute Gasteiger partial charge is 0.338 e. The van der Waals surface area contributed by atoms with E-state index in [2.05, 4.69) is 9.47 Å². The third-order valence-electron chi connectivity index (χ3n) is 4.86. The van der Waals surface area contributed by atoms with Crippen LogP contribution in [0, 0.1) is 0 Å². The minimum absolute atomic E-state index is 2.32. The van der Waals surface area contributed by atoms with Gasteiger partial charge in [0.25, 0.3) is 0 Å². The van der Waals surface area contributed by atoms with E-state index in [0.717, 1.165) is 0 Å². The number of rotatable bonds is 10. The van der Waals surface area contributed by atoms with Gasteiger partial charge in [-0.3, -0.25) is 0 Å². The maximum absolute atomic E-state index is 14.4. The van der Waals surface area contributed by atoms with Crippen molar-refractivity contribution in [1.82, 2.24) is 0 Å². The van der Waals surface area contributed by atoms with Gasteiger partial charge in [0.1, 0.15) is 0 Å². The van der Waals surface area contributed by atoms with E-state index in [1.807, 2.05) is 0 Å². The summed E-state index contributed by atoms with van der Waals surface area (Å²) in [6.45, 7) is -6.60. The summed E-state index contributed by atoms with van der Waals surface area (Å²) >= 11 is 0. The molecule has 0 aromatic rings. The van der Waals surface area contributed by atoms with Crippen LogP contribution in [0.25, 0.3) is 0 Å². The number of ether oxygens (including phenoxy) is 2. The highest BCUT2D eigenvalue weighted by Crippen LogP contribution is 2.63. The molecule has 260 valence electrons. The third kappa shape index (κ3) is 6.05. The van der Waals surface area contributed by atoms with Crippen LogP contribution in [-0.2, 0) is 9.47 Å². The fourth-order valence-corrected chi connectivity index (χ4v) is 2.71. The van der Waals surface area contributed by atoms with Gasteiger partial charge >= 0.3 is 72.0 Å². The second kappa shape index (κ2) is 10.9. The Hall–Kier alpha value is -1.90. The van der Waals surface area contributed by atoms with Crippen LogP contribution in [0.1, 0.15) is 6.42 Å². The lowest BCUT2D eigenvalue weighted by atomic mass is 9.88. The molecule has 0 fully saturated rings. The van der Waals surface area contributed by atoms with Crippen LogP contribution in [0.2, 0.25) is 0 Å². The van der Waals surface area contributed by atoms with Crippen molar-refractivity contribution in [2.24, 2.45) is 0 Å². The molecule has 0 spiro atoms. The Bertz CT molecular complexity index is 843. The van der Waals surface area contributed by atoms with Gasteiger partial charge in [-0.2, -0.15) is 96.6 Å². The second-order valence-corrected chi connectivity index (χ2v) is 7.69. The average Bonchev–Trinajstić information content (AvgIpc) is 2.72. The molecule has 0 amide bonds. The van der Waals surface area contributed by atoms with Gasteiger partial charge in [0.2, 0.25) is 0 Å². The topological polar surface area (TPSA) is 18.5 Å². The average molecular weight is 712 g/mol. The lowest BCUT2D eigenvalue weighted by molar-refractivity contribution is -0.483. The molecular formula is C15H6F26O2. The lowest BCUT2D eigenvalue weighted by Gasteiger charge is -2.44. The SMILES string of the molecule is FC(F)(F)C(F)(F)C(F)(OCCCOC(F)(C(F)(F)C(F)(F)F)C(F)(C(F)(F)F)C(F)(F)F)C(F)(C(F)(F)F)C(F)(F)F. The summed E-state index contributed by atoms with van der Waals surface area (Å²) in [6.07, 6.45) is -51.6. The molecule has 0 aliphatic heterocycles. The Kier molecular flexibility index (Phi) is 10.4. The Labute approximate surface area is 216 Å². The molecule has 0 saturated carbocycles. The third-order valence-corrected chi connectivity index (χ3v) is 4.86. The molecule has 28 heteroatoms. The molecule has 0 saturated heterocycles. The first-order valence-corrected chi connectivity index (χ1v) is 9.40. The summed E-state index contributed by atoms with van der Waals surface area (Å²) in [7, 11) is 0. The molecule has 43 heavy (non-hydrogen) atoms. The standard InChI is InChI=1S/C15H6F26O2/c16-4(10(24,25)26,11(27,28)29)8(22,6(18,19)14(36,37)38)42-2-1-3-43-9(23,7(20,21)15(39,40)41)5(17,12(30,31)32)13(33,34)35/h1-3H2. The highest BCUT2D eigenvalue weighted by atomic mass is 19.5. The van der Waals surface area contributed by atoms with Gasteiger partial charge in [0.05, 0.1) is 13.2 Å². The van der Waals surface area contributed by atoms with Crippen LogP contribution in [0.3, 0.4) is 0 Å². The Morgan fingerprint density at radius 2 is 0.465 bits per heavy atom. The Balaban J connectivity index is 6.86. The summed E-state index contributed by atoms with van der Waals surface area (Å²) in [5, 5.41) is 0. The Morgan fingerprint density at radius 1 is 0.279 bits per heavy atom. The van der Waals surface area contributed by atoms with E-state index >= 15 is 0 Å². The van der Waals surface area contributed by atoms with Crippen LogP contribution in [-0.4, -0.2) is 85.2 Å². The zero-order chi connectivity index (χ0) is 35.5. The molecule has 2 atom stereocenters. The van der Waals surface area contributed by atoms with Gasteiger partial charge < -0.3 is 9.47 Å². The fraction of sp³-hybridized carbons (Fsp3) is 1.00. The molecule has 0 N–H and O–H groups in total. The molecule has 2 unspecified atom stereocenters. The van der Waals surface area contributed by atoms with Crippen molar-refractivity contribution in [3.05, 3.63) is 0 Å². The van der Waals surface area contributed by atoms with Gasteiger partial charge in [-0.25, -0.2) is 17.6 Å². The first kappa shape index (κ1) is 41.1. The molecule has 0 aromatic carbocycles. The van der Waals surface area contributed by atoms with Crippen molar-refractivity contribution in [3.63, 3.8) is 0 Å². The van der Waals surface area contributed by atoms with E-state index in [4.69, 9.17) is 0 Å². The van der Waals surface area contributed by atoms with E-state index in [0.29, 0.717) is 0 Å². The highest BCUT2D eigenvalue weighted by molar-refractivity contribution is 5.15. The van der Waals surface area contributed by atoms with E-state index in [1.165, 1.54) is 0 Å². The minimum Gasteiger partial charge on any atom is -0.338 e. The van der Waals surface area contributed by atoms with E-state index in [-0.39, 0.29) is 0 Å². The van der Waals surface area contributed by atoms with Crippen LogP contribution in [0.4, 0.5) is 114 Å². The zero-order valence-electron chi connectivity index (χ0n) is 18.8. The van der Waals surface area contributed by atoms with Crippen LogP contribution in [0.15, 0.2) is 0 Å². The zero-order valence-corrected chi connectivity index (χ0v) is 18.8. The van der Waals surface area contributed by atoms with Crippen molar-refractivity contribution >= 4 is 0 Å². The molecule has 2 nitrogen and oxygen atoms in total. The lowest BCUT2D eigenvalue weighted by Crippen LogP contribution is -2.76. The van der Waals surface area contributed by atoms with Crippen LogP contribution >= 0.6 is 0 Å². The predicted octanol–water partition coefficient (Wildman–Crippen LogP) is 8.80. The largest absolute Gasteiger partial charge is 0.459 e. The van der Waals surface area contributed by atoms with E-state index < -0.39 is 91.6 Å². The molecular weight excluding hydrogens is 706 g/mol. The Morgan fingerprint density at radius 3 is 0.605 bits per heavy atom. The van der Waals surface area contributed by atoms with Gasteiger partial charge in [0, 0.05) is 0 Å². The molecule has 0 radical (unpaired) electrons. The van der Waals surface area contributed by atoms with Crippen molar-refractivity contribution in [2.45, 2.75) is 78.4 Å². The fourth-order valence-electron chi connectivity index (χ4n) is 2.71. The summed E-state index contributed by atoms with van der Waals surface area (Å²) in [5.74, 6) is -32.8. The molecule has 0 aromatic heterocycles. The molecule has 0 aliphatic carbocycles. The molecule has 0 heterocycles. The van der Waals surface area contributed by atoms with Gasteiger partial charge in [-0.05, 0) is 6.42 Å². The molecule has 0 aliphatic rings. The summed E-state index contributed by atoms with van der Waals surface area (Å²) in [4.78, 5) is 0. The monoisotopic (exact) mass is 712 g/mol. The predicted molar refractivity (Wildman–Crippen MR) is 78.1 cm³/mol. The number of alkyl halides is 26. The summed E-state index contributed by atoms with van der Waals surface area (Å²) in [5.41, 5.74) is -16.9. The van der Waals surface area contributed by atoms with Crippen molar-refractivity contribution in [3.8, 4) is 0 Å². The van der Waals surface area contributed by atoms with Gasteiger partial charge in [-0.15, -0.1) is 0 Å². The van der Waals surface area contributed by atoms with E-state index in [9.17, 15) is 114 Å². The van der Waals surface area contributed by atoms with Crippen molar-refractivity contribution in [1.29, 1.82) is 0 Å². The van der Waals surface area contributed by atoms with Crippen LogP contribution < -0.4 is 0 Å². The number of hydrogen-bond donors (Lipinski definition) is 0. The highest BCUT2D eigenvalue weighted by Gasteiger charge is 2.95. The first-order chi connectivity index (χ1) is 18.2. The van der Waals surface area contributed by atoms with E-state index in [1.54, 1.807) is 0 Å². The minimum atomic E-state index is -8.46. The number of hydrogen-bond acceptors (Lipinski definition) is 2. The quantitative estimate of drug-likeness (QED) is 0.167. The molecule has 0 rings (SSSR count). The maximum Gasteiger partial charge on any atom is 0.459 e. The normalized spacial score (nSPS) is 18.8. The van der Waals surface area contributed by atoms with Crippen molar-refractivity contribution in [2.75, 3.05) is 13.2 Å². The molecule has 0 bridgehead atoms. The summed E-state index contributed by atoms with van der Waals surface area (Å²) in [6, 6.07) is 0. The second-order valence-electron chi connectivity index (χ2n) is 7.69. The maximum atomic E-state index is 14.4.